The molecule has 0 atom stereocenters. The smallest absolute Gasteiger partial charge is 1.00 e. The molecule has 0 aliphatic rings. The molecular formula is C4H7N2Na. The third kappa shape index (κ3) is 237000. The van der Waals surface area contributed by atoms with Crippen LogP contribution in [-0.2, 0) is 0 Å². The van der Waals surface area contributed by atoms with Crippen LogP contribution >= 0.6 is 0 Å². The van der Waals surface area contributed by atoms with Crippen LogP contribution in [0.3, 0.4) is 0 Å². The Hall–Kier alpha value is -0.0200. The standard InChI is InChI=1S/2C2H3N.Na.H/c2*1-2-3;;/h2*1H3;;/q;;+1;-1. The molecule has 0 bridgehead atoms. The summed E-state index contributed by atoms with van der Waals surface area (Å²) in [4.78, 5) is 0. The molecule has 34 valence electrons. The summed E-state index contributed by atoms with van der Waals surface area (Å²) in [5.41, 5.74) is 0. The second kappa shape index (κ2) is 37.8. The SMILES string of the molecule is CC#N.CC#N.[H-].[Na+]. The molecule has 2 nitrogen and oxygen atoms in total. The Morgan fingerprint density at radius 2 is 1.14 bits per heavy atom. The molecule has 0 aliphatic carbocycles. The Bertz CT molecular complexity index is 69.0. The van der Waals surface area contributed by atoms with Crippen LogP contribution in [0.5, 0.6) is 0 Å². The largest absolute Gasteiger partial charge is 1.00 e. The van der Waals surface area contributed by atoms with E-state index in [1.165, 1.54) is 13.8 Å². The van der Waals surface area contributed by atoms with Gasteiger partial charge in [-0.25, -0.2) is 0 Å². The topological polar surface area (TPSA) is 47.6 Å². The summed E-state index contributed by atoms with van der Waals surface area (Å²) in [5, 5.41) is 14.6. The molecule has 0 radical (unpaired) electrons. The number of hydrogen-bond acceptors (Lipinski definition) is 2. The molecule has 0 saturated carbocycles. The molecule has 0 rings (SSSR count). The number of nitriles is 2. The van der Waals surface area contributed by atoms with E-state index in [2.05, 4.69) is 0 Å². The molecule has 0 aliphatic heterocycles. The first-order valence-electron chi connectivity index (χ1n) is 1.45. The van der Waals surface area contributed by atoms with Gasteiger partial charge in [-0.2, -0.15) is 10.5 Å². The summed E-state index contributed by atoms with van der Waals surface area (Å²) in [6, 6.07) is 3.50. The van der Waals surface area contributed by atoms with E-state index in [9.17, 15) is 0 Å². The molecule has 3 heteroatoms. The van der Waals surface area contributed by atoms with Crippen LogP contribution in [0.4, 0.5) is 0 Å². The van der Waals surface area contributed by atoms with Gasteiger partial charge in [0.05, 0.1) is 12.1 Å². The van der Waals surface area contributed by atoms with E-state index in [-0.39, 0.29) is 31.0 Å². The van der Waals surface area contributed by atoms with Crippen molar-refractivity contribution in [2.75, 3.05) is 0 Å². The molecule has 0 unspecified atom stereocenters. The van der Waals surface area contributed by atoms with Crippen molar-refractivity contribution >= 4 is 0 Å². The monoisotopic (exact) mass is 106 g/mol. The van der Waals surface area contributed by atoms with Crippen molar-refractivity contribution in [3.63, 3.8) is 0 Å². The van der Waals surface area contributed by atoms with E-state index in [4.69, 9.17) is 10.5 Å². The van der Waals surface area contributed by atoms with Gasteiger partial charge in [0.25, 0.3) is 0 Å². The first-order chi connectivity index (χ1) is 2.83. The van der Waals surface area contributed by atoms with E-state index in [1.54, 1.807) is 12.1 Å². The van der Waals surface area contributed by atoms with Gasteiger partial charge in [-0.3, -0.25) is 0 Å². The van der Waals surface area contributed by atoms with Crippen LogP contribution < -0.4 is 29.6 Å². The van der Waals surface area contributed by atoms with Crippen molar-refractivity contribution in [3.05, 3.63) is 0 Å². The van der Waals surface area contributed by atoms with Gasteiger partial charge in [-0.15, -0.1) is 0 Å². The predicted octanol–water partition coefficient (Wildman–Crippen LogP) is -1.82. The molecular weight excluding hydrogens is 99.0 g/mol. The van der Waals surface area contributed by atoms with Crippen molar-refractivity contribution < 1.29 is 31.0 Å². The summed E-state index contributed by atoms with van der Waals surface area (Å²) >= 11 is 0. The molecule has 0 aromatic rings. The van der Waals surface area contributed by atoms with Crippen LogP contribution in [0.25, 0.3) is 0 Å². The molecule has 0 saturated heterocycles. The van der Waals surface area contributed by atoms with Crippen molar-refractivity contribution in [2.45, 2.75) is 13.8 Å². The average Bonchev–Trinajstić information content (AvgIpc) is 1.39. The molecule has 0 heterocycles. The zero-order valence-corrected chi connectivity index (χ0v) is 6.89. The van der Waals surface area contributed by atoms with E-state index in [0.29, 0.717) is 0 Å². The first-order valence-corrected chi connectivity index (χ1v) is 1.45. The number of nitrogens with zero attached hydrogens (tertiary/aromatic N) is 2. The Morgan fingerprint density at radius 1 is 1.14 bits per heavy atom. The second-order valence-corrected chi connectivity index (χ2v) is 0.447. The van der Waals surface area contributed by atoms with E-state index < -0.39 is 0 Å². The maximum atomic E-state index is 7.32. The Morgan fingerprint density at radius 3 is 1.14 bits per heavy atom. The zero-order chi connectivity index (χ0) is 5.41. The van der Waals surface area contributed by atoms with Crippen molar-refractivity contribution in [1.82, 2.24) is 0 Å². The molecule has 0 fully saturated rings. The maximum absolute atomic E-state index is 7.32. The minimum Gasteiger partial charge on any atom is -1.00 e. The van der Waals surface area contributed by atoms with E-state index in [0.717, 1.165) is 0 Å². The second-order valence-electron chi connectivity index (χ2n) is 0.447. The molecule has 0 amide bonds. The van der Waals surface area contributed by atoms with Crippen LogP contribution in [-0.4, -0.2) is 0 Å². The third-order valence-corrected chi connectivity index (χ3v) is 0. The fourth-order valence-electron chi connectivity index (χ4n) is 0. The van der Waals surface area contributed by atoms with Crippen LogP contribution in [0, 0.1) is 22.7 Å². The minimum absolute atomic E-state index is 0. The fraction of sp³-hybridized carbons (Fsp3) is 0.500. The normalized spacial score (nSPS) is 2.29. The van der Waals surface area contributed by atoms with Crippen LogP contribution in [0.15, 0.2) is 0 Å². The summed E-state index contributed by atoms with van der Waals surface area (Å²) in [6.45, 7) is 2.86. The fourth-order valence-corrected chi connectivity index (χ4v) is 0. The van der Waals surface area contributed by atoms with Gasteiger partial charge in [0, 0.05) is 13.8 Å². The summed E-state index contributed by atoms with van der Waals surface area (Å²) in [5.74, 6) is 0. The summed E-state index contributed by atoms with van der Waals surface area (Å²) in [6.07, 6.45) is 0. The number of hydrogen-bond donors (Lipinski definition) is 0. The summed E-state index contributed by atoms with van der Waals surface area (Å²) in [7, 11) is 0. The third-order valence-electron chi connectivity index (χ3n) is 0. The maximum Gasteiger partial charge on any atom is 1.00 e. The molecule has 0 aromatic heterocycles. The first kappa shape index (κ1) is 15.8. The van der Waals surface area contributed by atoms with Crippen molar-refractivity contribution in [2.24, 2.45) is 0 Å². The zero-order valence-electron chi connectivity index (χ0n) is 5.89. The van der Waals surface area contributed by atoms with Gasteiger partial charge < -0.3 is 1.43 Å². The molecule has 0 spiro atoms. The molecule has 0 N–H and O–H groups in total. The Balaban J connectivity index is -0.0000000160. The van der Waals surface area contributed by atoms with Gasteiger partial charge >= 0.3 is 29.6 Å². The van der Waals surface area contributed by atoms with Crippen LogP contribution in [0.1, 0.15) is 15.3 Å². The average molecular weight is 106 g/mol. The van der Waals surface area contributed by atoms with Gasteiger partial charge in [-0.1, -0.05) is 0 Å². The Labute approximate surface area is 67.5 Å². The quantitative estimate of drug-likeness (QED) is 0.341. The van der Waals surface area contributed by atoms with Crippen LogP contribution in [0.2, 0.25) is 0 Å². The predicted molar refractivity (Wildman–Crippen MR) is 23.7 cm³/mol. The van der Waals surface area contributed by atoms with Gasteiger partial charge in [0.2, 0.25) is 0 Å². The Kier molecular flexibility index (Phi) is 85.2. The van der Waals surface area contributed by atoms with Crippen molar-refractivity contribution in [3.8, 4) is 12.1 Å². The van der Waals surface area contributed by atoms with Gasteiger partial charge in [-0.05, 0) is 0 Å². The van der Waals surface area contributed by atoms with E-state index >= 15 is 0 Å². The van der Waals surface area contributed by atoms with Crippen molar-refractivity contribution in [1.29, 1.82) is 10.5 Å². The number of rotatable bonds is 0. The van der Waals surface area contributed by atoms with Gasteiger partial charge in [0.1, 0.15) is 0 Å². The molecule has 0 aromatic carbocycles. The molecule has 7 heavy (non-hydrogen) atoms. The minimum atomic E-state index is 0. The van der Waals surface area contributed by atoms with E-state index in [1.807, 2.05) is 0 Å². The van der Waals surface area contributed by atoms with Gasteiger partial charge in [0.15, 0.2) is 0 Å². The summed E-state index contributed by atoms with van der Waals surface area (Å²) < 4.78 is 0.